The lowest BCUT2D eigenvalue weighted by molar-refractivity contribution is -0.138. The largest absolute Gasteiger partial charge is 0.416 e. The van der Waals surface area contributed by atoms with Crippen LogP contribution in [0.2, 0.25) is 0 Å². The first-order valence-corrected chi connectivity index (χ1v) is 14.0. The van der Waals surface area contributed by atoms with Crippen molar-refractivity contribution >= 4 is 17.3 Å². The van der Waals surface area contributed by atoms with E-state index in [1.54, 1.807) is 18.5 Å². The number of hydrogen-bond acceptors (Lipinski definition) is 5. The Labute approximate surface area is 231 Å². The zero-order valence-corrected chi connectivity index (χ0v) is 22.6. The quantitative estimate of drug-likeness (QED) is 0.377. The average Bonchev–Trinajstić information content (AvgIpc) is 3.48. The van der Waals surface area contributed by atoms with Crippen LogP contribution in [-0.2, 0) is 36.3 Å². The summed E-state index contributed by atoms with van der Waals surface area (Å²) in [5.41, 5.74) is 0.942. The van der Waals surface area contributed by atoms with Gasteiger partial charge in [-0.1, -0.05) is 44.2 Å². The van der Waals surface area contributed by atoms with Gasteiger partial charge in [0.05, 0.1) is 25.3 Å². The number of carbonyl (C=O) groups is 1. The molecule has 6 rings (SSSR count). The van der Waals surface area contributed by atoms with Gasteiger partial charge in [-0.05, 0) is 47.7 Å². The molecule has 10 heteroatoms. The second-order valence-electron chi connectivity index (χ2n) is 11.5. The van der Waals surface area contributed by atoms with Crippen LogP contribution in [0, 0.1) is 5.92 Å². The molecule has 2 aromatic carbocycles. The Balaban J connectivity index is 1.25. The van der Waals surface area contributed by atoms with Crippen LogP contribution >= 0.6 is 0 Å². The molecular weight excluding hydrogens is 519 g/mol. The van der Waals surface area contributed by atoms with E-state index in [4.69, 9.17) is 4.74 Å². The number of carbonyl (C=O) groups excluding carboxylic acids is 1. The highest BCUT2D eigenvalue weighted by Gasteiger charge is 2.43. The summed E-state index contributed by atoms with van der Waals surface area (Å²) in [7, 11) is 1.89. The first-order valence-electron chi connectivity index (χ1n) is 14.0. The van der Waals surface area contributed by atoms with Crippen molar-refractivity contribution in [2.45, 2.75) is 63.1 Å². The van der Waals surface area contributed by atoms with E-state index in [2.05, 4.69) is 15.5 Å². The third-order valence-corrected chi connectivity index (χ3v) is 8.78. The molecule has 1 aliphatic carbocycles. The fraction of sp³-hybridized carbons (Fsp3) is 0.500. The van der Waals surface area contributed by atoms with Gasteiger partial charge in [-0.3, -0.25) is 4.79 Å². The molecule has 40 heavy (non-hydrogen) atoms. The third kappa shape index (κ3) is 5.09. The standard InChI is InChI=1S/C30H34F3N5O2/c1-37-19-35-36-27(37)15-29(17-40-18-29)21-8-5-9-23(12-21)38-16-25-24(28(38)39)13-22(14-26(25)30(31,32)33)34-11-10-20-6-3-2-4-7-20/h5,8-9,12-14,19-20,34H,2-4,6-7,10-11,15-18H2,1H3. The maximum Gasteiger partial charge on any atom is 0.416 e. The molecule has 3 aliphatic rings. The predicted octanol–water partition coefficient (Wildman–Crippen LogP) is 5.89. The summed E-state index contributed by atoms with van der Waals surface area (Å²) in [6, 6.07) is 10.3. The van der Waals surface area contributed by atoms with Crippen LogP contribution < -0.4 is 10.2 Å². The molecule has 3 heterocycles. The molecule has 212 valence electrons. The second-order valence-corrected chi connectivity index (χ2v) is 11.5. The number of halogens is 3. The van der Waals surface area contributed by atoms with Gasteiger partial charge in [0.15, 0.2) is 0 Å². The zero-order valence-electron chi connectivity index (χ0n) is 22.6. The molecule has 0 radical (unpaired) electrons. The highest BCUT2D eigenvalue weighted by atomic mass is 19.4. The molecule has 0 spiro atoms. The van der Waals surface area contributed by atoms with Crippen molar-refractivity contribution in [2.24, 2.45) is 13.0 Å². The Morgan fingerprint density at radius 1 is 1.12 bits per heavy atom. The van der Waals surface area contributed by atoms with Crippen molar-refractivity contribution in [3.63, 3.8) is 0 Å². The van der Waals surface area contributed by atoms with E-state index in [0.717, 1.165) is 23.9 Å². The van der Waals surface area contributed by atoms with E-state index >= 15 is 0 Å². The summed E-state index contributed by atoms with van der Waals surface area (Å²) in [6.45, 7) is 1.45. The number of fused-ring (bicyclic) bond motifs is 1. The first kappa shape index (κ1) is 26.8. The maximum atomic E-state index is 14.2. The normalized spacial score (nSPS) is 19.0. The van der Waals surface area contributed by atoms with E-state index in [1.165, 1.54) is 37.0 Å². The number of rotatable bonds is 8. The number of amides is 1. The summed E-state index contributed by atoms with van der Waals surface area (Å²) in [5.74, 6) is 1.01. The molecule has 0 atom stereocenters. The third-order valence-electron chi connectivity index (χ3n) is 8.78. The second kappa shape index (κ2) is 10.5. The number of aryl methyl sites for hydroxylation is 1. The number of benzene rings is 2. The summed E-state index contributed by atoms with van der Waals surface area (Å²) in [6.07, 6.45) is 4.69. The summed E-state index contributed by atoms with van der Waals surface area (Å²) >= 11 is 0. The molecule has 1 aromatic heterocycles. The van der Waals surface area contributed by atoms with Crippen LogP contribution in [0.5, 0.6) is 0 Å². The van der Waals surface area contributed by atoms with Gasteiger partial charge in [0.2, 0.25) is 0 Å². The van der Waals surface area contributed by atoms with Gasteiger partial charge in [0.1, 0.15) is 12.2 Å². The molecule has 0 unspecified atom stereocenters. The van der Waals surface area contributed by atoms with Crippen LogP contribution in [0.3, 0.4) is 0 Å². The van der Waals surface area contributed by atoms with Crippen molar-refractivity contribution in [1.82, 2.24) is 14.8 Å². The molecule has 1 saturated carbocycles. The van der Waals surface area contributed by atoms with Crippen molar-refractivity contribution in [3.05, 3.63) is 70.8 Å². The van der Waals surface area contributed by atoms with Crippen LogP contribution in [0.4, 0.5) is 24.5 Å². The van der Waals surface area contributed by atoms with Gasteiger partial charge < -0.3 is 19.5 Å². The van der Waals surface area contributed by atoms with Crippen molar-refractivity contribution in [3.8, 4) is 0 Å². The van der Waals surface area contributed by atoms with E-state index in [9.17, 15) is 18.0 Å². The number of nitrogens with zero attached hydrogens (tertiary/aromatic N) is 4. The highest BCUT2D eigenvalue weighted by Crippen LogP contribution is 2.42. The predicted molar refractivity (Wildman–Crippen MR) is 145 cm³/mol. The minimum absolute atomic E-state index is 0.0292. The molecule has 7 nitrogen and oxygen atoms in total. The Kier molecular flexibility index (Phi) is 7.06. The lowest BCUT2D eigenvalue weighted by atomic mass is 9.75. The first-order chi connectivity index (χ1) is 19.2. The molecule has 2 aliphatic heterocycles. The summed E-state index contributed by atoms with van der Waals surface area (Å²) in [5, 5.41) is 11.4. The van der Waals surface area contributed by atoms with Crippen LogP contribution in [0.15, 0.2) is 42.7 Å². The smallest absolute Gasteiger partial charge is 0.385 e. The van der Waals surface area contributed by atoms with Crippen molar-refractivity contribution in [1.29, 1.82) is 0 Å². The molecule has 2 fully saturated rings. The SMILES string of the molecule is Cn1cnnc1CC1(c2cccc(N3Cc4c(cc(NCCC5CCCCC5)cc4C(F)(F)F)C3=O)c2)COC1. The Morgan fingerprint density at radius 3 is 2.60 bits per heavy atom. The van der Waals surface area contributed by atoms with Crippen LogP contribution in [0.25, 0.3) is 0 Å². The van der Waals surface area contributed by atoms with Gasteiger partial charge in [0, 0.05) is 42.4 Å². The molecule has 1 N–H and O–H groups in total. The minimum Gasteiger partial charge on any atom is -0.385 e. The summed E-state index contributed by atoms with van der Waals surface area (Å²) < 4.78 is 50.0. The lowest BCUT2D eigenvalue weighted by Crippen LogP contribution is -2.49. The van der Waals surface area contributed by atoms with E-state index < -0.39 is 17.6 Å². The summed E-state index contributed by atoms with van der Waals surface area (Å²) in [4.78, 5) is 15.0. The van der Waals surface area contributed by atoms with Crippen LogP contribution in [-0.4, -0.2) is 40.4 Å². The van der Waals surface area contributed by atoms with Gasteiger partial charge in [-0.25, -0.2) is 0 Å². The van der Waals surface area contributed by atoms with Gasteiger partial charge in [-0.15, -0.1) is 10.2 Å². The fourth-order valence-corrected chi connectivity index (χ4v) is 6.36. The zero-order chi connectivity index (χ0) is 27.9. The number of hydrogen-bond donors (Lipinski definition) is 1. The highest BCUT2D eigenvalue weighted by molar-refractivity contribution is 6.11. The van der Waals surface area contributed by atoms with E-state index in [1.807, 2.05) is 29.8 Å². The van der Waals surface area contributed by atoms with Gasteiger partial charge >= 0.3 is 6.18 Å². The molecule has 3 aromatic rings. The molecular formula is C30H34F3N5O2. The average molecular weight is 554 g/mol. The number of nitrogens with one attached hydrogen (secondary N) is 1. The number of ether oxygens (including phenoxy) is 1. The Morgan fingerprint density at radius 2 is 1.93 bits per heavy atom. The van der Waals surface area contributed by atoms with E-state index in [0.29, 0.717) is 43.5 Å². The molecule has 0 bridgehead atoms. The van der Waals surface area contributed by atoms with Gasteiger partial charge in [-0.2, -0.15) is 13.2 Å². The van der Waals surface area contributed by atoms with E-state index in [-0.39, 0.29) is 23.1 Å². The maximum absolute atomic E-state index is 14.2. The minimum atomic E-state index is -4.56. The number of alkyl halides is 3. The molecule has 1 amide bonds. The van der Waals surface area contributed by atoms with Crippen molar-refractivity contribution < 1.29 is 22.7 Å². The number of aromatic nitrogens is 3. The Hall–Kier alpha value is -3.40. The van der Waals surface area contributed by atoms with Crippen molar-refractivity contribution in [2.75, 3.05) is 30.0 Å². The fourth-order valence-electron chi connectivity index (χ4n) is 6.36. The monoisotopic (exact) mass is 553 g/mol. The molecule has 1 saturated heterocycles. The topological polar surface area (TPSA) is 72.3 Å². The Bertz CT molecular complexity index is 1390. The number of anilines is 2. The van der Waals surface area contributed by atoms with Gasteiger partial charge in [0.25, 0.3) is 5.91 Å². The lowest BCUT2D eigenvalue weighted by Gasteiger charge is -2.42. The van der Waals surface area contributed by atoms with Crippen LogP contribution in [0.1, 0.15) is 71.4 Å².